The van der Waals surface area contributed by atoms with Gasteiger partial charge in [0.15, 0.2) is 6.61 Å². The van der Waals surface area contributed by atoms with Crippen LogP contribution in [0.1, 0.15) is 11.1 Å². The van der Waals surface area contributed by atoms with Gasteiger partial charge in [0.2, 0.25) is 5.88 Å². The number of benzene rings is 2. The number of ether oxygens (including phenoxy) is 1. The molecule has 2 aromatic carbocycles. The first-order valence-corrected chi connectivity index (χ1v) is 8.24. The van der Waals surface area contributed by atoms with E-state index in [0.717, 1.165) is 11.1 Å². The monoisotopic (exact) mass is 368 g/mol. The second-order valence-electron chi connectivity index (χ2n) is 5.92. The Morgan fingerprint density at radius 3 is 2.63 bits per heavy atom. The standard InChI is InChI=1S/C20H17FN2O4/c1-13-6-8-14(9-7-13)17-11-19(27-23-17)22-18(24)12-26-20(25)10-15-4-2-3-5-16(15)21/h2-9,11H,10,12H2,1H3,(H,22,24). The molecule has 0 fully saturated rings. The summed E-state index contributed by atoms with van der Waals surface area (Å²) in [6.07, 6.45) is -0.250. The zero-order chi connectivity index (χ0) is 19.2. The summed E-state index contributed by atoms with van der Waals surface area (Å²) < 4.78 is 23.4. The van der Waals surface area contributed by atoms with Gasteiger partial charge in [0.1, 0.15) is 11.5 Å². The van der Waals surface area contributed by atoms with Gasteiger partial charge in [-0.25, -0.2) is 4.39 Å². The lowest BCUT2D eigenvalue weighted by atomic mass is 10.1. The second kappa shape index (κ2) is 8.27. The van der Waals surface area contributed by atoms with Gasteiger partial charge in [-0.05, 0) is 18.6 Å². The Bertz CT molecular complexity index is 951. The van der Waals surface area contributed by atoms with Crippen LogP contribution in [0.3, 0.4) is 0 Å². The first kappa shape index (κ1) is 18.3. The van der Waals surface area contributed by atoms with Gasteiger partial charge < -0.3 is 9.26 Å². The van der Waals surface area contributed by atoms with E-state index in [9.17, 15) is 14.0 Å². The number of rotatable bonds is 6. The average molecular weight is 368 g/mol. The van der Waals surface area contributed by atoms with Crippen molar-refractivity contribution < 1.29 is 23.2 Å². The Balaban J connectivity index is 1.50. The molecular formula is C20H17FN2O4. The quantitative estimate of drug-likeness (QED) is 0.674. The molecule has 0 spiro atoms. The summed E-state index contributed by atoms with van der Waals surface area (Å²) in [6, 6.07) is 15.1. The summed E-state index contributed by atoms with van der Waals surface area (Å²) in [5.74, 6) is -1.64. The molecule has 27 heavy (non-hydrogen) atoms. The van der Waals surface area contributed by atoms with Crippen LogP contribution in [-0.2, 0) is 20.7 Å². The fourth-order valence-corrected chi connectivity index (χ4v) is 2.36. The molecule has 0 radical (unpaired) electrons. The highest BCUT2D eigenvalue weighted by Gasteiger charge is 2.13. The van der Waals surface area contributed by atoms with E-state index < -0.39 is 24.3 Å². The number of nitrogens with zero attached hydrogens (tertiary/aromatic N) is 1. The molecule has 138 valence electrons. The highest BCUT2D eigenvalue weighted by Crippen LogP contribution is 2.22. The van der Waals surface area contributed by atoms with E-state index in [2.05, 4.69) is 10.5 Å². The van der Waals surface area contributed by atoms with Gasteiger partial charge in [-0.3, -0.25) is 14.9 Å². The van der Waals surface area contributed by atoms with Crippen LogP contribution in [0.5, 0.6) is 0 Å². The smallest absolute Gasteiger partial charge is 0.310 e. The third-order valence-electron chi connectivity index (χ3n) is 3.78. The summed E-state index contributed by atoms with van der Waals surface area (Å²) in [7, 11) is 0. The Kier molecular flexibility index (Phi) is 5.61. The van der Waals surface area contributed by atoms with Gasteiger partial charge in [-0.15, -0.1) is 0 Å². The summed E-state index contributed by atoms with van der Waals surface area (Å²) >= 11 is 0. The van der Waals surface area contributed by atoms with Crippen molar-refractivity contribution in [2.24, 2.45) is 0 Å². The van der Waals surface area contributed by atoms with Crippen molar-refractivity contribution in [2.75, 3.05) is 11.9 Å². The number of amides is 1. The van der Waals surface area contributed by atoms with Crippen molar-refractivity contribution in [3.8, 4) is 11.3 Å². The second-order valence-corrected chi connectivity index (χ2v) is 5.92. The molecule has 1 aromatic heterocycles. The third kappa shape index (κ3) is 5.01. The van der Waals surface area contributed by atoms with Crippen LogP contribution >= 0.6 is 0 Å². The van der Waals surface area contributed by atoms with Crippen molar-refractivity contribution in [1.82, 2.24) is 5.16 Å². The Morgan fingerprint density at radius 2 is 1.89 bits per heavy atom. The van der Waals surface area contributed by atoms with Crippen LogP contribution < -0.4 is 5.32 Å². The molecular weight excluding hydrogens is 351 g/mol. The summed E-state index contributed by atoms with van der Waals surface area (Å²) in [5, 5.41) is 6.35. The molecule has 0 aliphatic rings. The third-order valence-corrected chi connectivity index (χ3v) is 3.78. The lowest BCUT2D eigenvalue weighted by Gasteiger charge is -2.05. The number of carbonyl (C=O) groups excluding carboxylic acids is 2. The van der Waals surface area contributed by atoms with Gasteiger partial charge in [-0.1, -0.05) is 53.2 Å². The van der Waals surface area contributed by atoms with Crippen LogP contribution in [0.25, 0.3) is 11.3 Å². The highest BCUT2D eigenvalue weighted by molar-refractivity contribution is 5.92. The number of nitrogens with one attached hydrogen (secondary N) is 1. The SMILES string of the molecule is Cc1ccc(-c2cc(NC(=O)COC(=O)Cc3ccccc3F)on2)cc1. The van der Waals surface area contributed by atoms with E-state index >= 15 is 0 Å². The van der Waals surface area contributed by atoms with Crippen LogP contribution in [0.4, 0.5) is 10.3 Å². The first-order chi connectivity index (χ1) is 13.0. The van der Waals surface area contributed by atoms with Crippen molar-refractivity contribution in [3.05, 3.63) is 71.5 Å². The van der Waals surface area contributed by atoms with E-state index in [-0.39, 0.29) is 17.9 Å². The molecule has 0 aliphatic carbocycles. The molecule has 0 aliphatic heterocycles. The number of hydrogen-bond donors (Lipinski definition) is 1. The molecule has 0 atom stereocenters. The zero-order valence-corrected chi connectivity index (χ0v) is 14.6. The molecule has 7 heteroatoms. The molecule has 1 heterocycles. The number of aryl methyl sites for hydroxylation is 1. The highest BCUT2D eigenvalue weighted by atomic mass is 19.1. The molecule has 0 saturated carbocycles. The van der Waals surface area contributed by atoms with Gasteiger partial charge in [0.05, 0.1) is 6.42 Å². The fourth-order valence-electron chi connectivity index (χ4n) is 2.36. The van der Waals surface area contributed by atoms with Crippen LogP contribution in [0.15, 0.2) is 59.1 Å². The molecule has 0 saturated heterocycles. The fraction of sp³-hybridized carbons (Fsp3) is 0.150. The van der Waals surface area contributed by atoms with Gasteiger partial charge in [0.25, 0.3) is 5.91 Å². The Hall–Kier alpha value is -3.48. The molecule has 1 amide bonds. The Morgan fingerprint density at radius 1 is 1.15 bits per heavy atom. The molecule has 6 nitrogen and oxygen atoms in total. The zero-order valence-electron chi connectivity index (χ0n) is 14.6. The lowest BCUT2D eigenvalue weighted by molar-refractivity contribution is -0.146. The molecule has 0 unspecified atom stereocenters. The van der Waals surface area contributed by atoms with Crippen molar-refractivity contribution in [1.29, 1.82) is 0 Å². The predicted octanol–water partition coefficient (Wildman–Crippen LogP) is 3.51. The van der Waals surface area contributed by atoms with Crippen LogP contribution in [-0.4, -0.2) is 23.6 Å². The van der Waals surface area contributed by atoms with E-state index in [1.807, 2.05) is 31.2 Å². The average Bonchev–Trinajstić information content (AvgIpc) is 3.11. The minimum Gasteiger partial charge on any atom is -0.455 e. The number of hydrogen-bond acceptors (Lipinski definition) is 5. The first-order valence-electron chi connectivity index (χ1n) is 8.24. The number of halogens is 1. The maximum Gasteiger partial charge on any atom is 0.310 e. The molecule has 0 bridgehead atoms. The van der Waals surface area contributed by atoms with Gasteiger partial charge in [0, 0.05) is 11.6 Å². The minimum absolute atomic E-state index is 0.140. The summed E-state index contributed by atoms with van der Waals surface area (Å²) in [5.41, 5.74) is 2.75. The van der Waals surface area contributed by atoms with Crippen molar-refractivity contribution >= 4 is 17.8 Å². The molecule has 3 rings (SSSR count). The van der Waals surface area contributed by atoms with Crippen LogP contribution in [0.2, 0.25) is 0 Å². The van der Waals surface area contributed by atoms with Gasteiger partial charge in [-0.2, -0.15) is 0 Å². The topological polar surface area (TPSA) is 81.4 Å². The van der Waals surface area contributed by atoms with Gasteiger partial charge >= 0.3 is 5.97 Å². The molecule has 3 aromatic rings. The van der Waals surface area contributed by atoms with Crippen LogP contribution in [0, 0.1) is 12.7 Å². The maximum absolute atomic E-state index is 13.5. The maximum atomic E-state index is 13.5. The number of esters is 1. The lowest BCUT2D eigenvalue weighted by Crippen LogP contribution is -2.21. The summed E-state index contributed by atoms with van der Waals surface area (Å²) in [6.45, 7) is 1.47. The predicted molar refractivity (Wildman–Crippen MR) is 96.4 cm³/mol. The normalized spacial score (nSPS) is 10.4. The van der Waals surface area contributed by atoms with Crippen molar-refractivity contribution in [3.63, 3.8) is 0 Å². The Labute approximate surface area is 154 Å². The van der Waals surface area contributed by atoms with E-state index in [1.54, 1.807) is 12.1 Å². The van der Waals surface area contributed by atoms with E-state index in [0.29, 0.717) is 5.69 Å². The van der Waals surface area contributed by atoms with E-state index in [1.165, 1.54) is 18.2 Å². The van der Waals surface area contributed by atoms with Crippen molar-refractivity contribution in [2.45, 2.75) is 13.3 Å². The largest absolute Gasteiger partial charge is 0.455 e. The minimum atomic E-state index is -0.701. The number of carbonyl (C=O) groups is 2. The van der Waals surface area contributed by atoms with E-state index in [4.69, 9.17) is 9.26 Å². The summed E-state index contributed by atoms with van der Waals surface area (Å²) in [4.78, 5) is 23.6. The number of aromatic nitrogens is 1. The number of anilines is 1. The molecule has 1 N–H and O–H groups in total.